The van der Waals surface area contributed by atoms with Crippen LogP contribution in [0.5, 0.6) is 0 Å². The fraction of sp³-hybridized carbons (Fsp3) is 0.625. The Morgan fingerprint density at radius 2 is 2.06 bits per heavy atom. The Kier molecular flexibility index (Phi) is 2.58. The fourth-order valence-electron chi connectivity index (χ4n) is 3.99. The summed E-state index contributed by atoms with van der Waals surface area (Å²) >= 11 is 0. The van der Waals surface area contributed by atoms with Crippen LogP contribution in [0.2, 0.25) is 0 Å². The van der Waals surface area contributed by atoms with Crippen LogP contribution in [0, 0.1) is 5.92 Å². The summed E-state index contributed by atoms with van der Waals surface area (Å²) in [5.74, 6) is 1.83. The average molecular weight is 242 g/mol. The molecular weight excluding hydrogens is 220 g/mol. The van der Waals surface area contributed by atoms with Gasteiger partial charge in [-0.05, 0) is 42.2 Å². The van der Waals surface area contributed by atoms with Crippen LogP contribution in [0.4, 0.5) is 5.69 Å². The SMILES string of the molecule is c1cc2c3c(c1)C(C1CCC1)CCN3CCNC2. The van der Waals surface area contributed by atoms with Crippen molar-refractivity contribution in [3.63, 3.8) is 0 Å². The Balaban J connectivity index is 1.78. The molecule has 96 valence electrons. The predicted octanol–water partition coefficient (Wildman–Crippen LogP) is 2.88. The molecule has 4 rings (SSSR count). The van der Waals surface area contributed by atoms with E-state index in [9.17, 15) is 0 Å². The number of benzene rings is 1. The molecule has 1 fully saturated rings. The maximum Gasteiger partial charge on any atom is 0.0447 e. The molecule has 0 spiro atoms. The normalized spacial score (nSPS) is 27.3. The van der Waals surface area contributed by atoms with Gasteiger partial charge in [-0.25, -0.2) is 0 Å². The summed E-state index contributed by atoms with van der Waals surface area (Å²) in [6, 6.07) is 6.99. The van der Waals surface area contributed by atoms with Gasteiger partial charge in [-0.1, -0.05) is 24.6 Å². The minimum atomic E-state index is 0.850. The van der Waals surface area contributed by atoms with Crippen molar-refractivity contribution in [2.45, 2.75) is 38.1 Å². The molecule has 18 heavy (non-hydrogen) atoms. The lowest BCUT2D eigenvalue weighted by Gasteiger charge is -2.42. The number of nitrogens with zero attached hydrogens (tertiary/aromatic N) is 1. The fourth-order valence-corrected chi connectivity index (χ4v) is 3.99. The quantitative estimate of drug-likeness (QED) is 0.814. The Morgan fingerprint density at radius 1 is 1.11 bits per heavy atom. The monoisotopic (exact) mass is 242 g/mol. The van der Waals surface area contributed by atoms with E-state index in [2.05, 4.69) is 28.4 Å². The molecule has 1 saturated carbocycles. The zero-order valence-corrected chi connectivity index (χ0v) is 11.0. The summed E-state index contributed by atoms with van der Waals surface area (Å²) in [6.07, 6.45) is 5.77. The number of rotatable bonds is 1. The second kappa shape index (κ2) is 4.27. The Labute approximate surface area is 109 Å². The number of hydrogen-bond acceptors (Lipinski definition) is 2. The van der Waals surface area contributed by atoms with Crippen molar-refractivity contribution >= 4 is 5.69 Å². The van der Waals surface area contributed by atoms with Crippen molar-refractivity contribution in [3.8, 4) is 0 Å². The highest BCUT2D eigenvalue weighted by atomic mass is 15.2. The van der Waals surface area contributed by atoms with E-state index in [0.29, 0.717) is 0 Å². The predicted molar refractivity (Wildman–Crippen MR) is 75.1 cm³/mol. The molecule has 1 aromatic carbocycles. The van der Waals surface area contributed by atoms with Crippen LogP contribution in [-0.2, 0) is 6.54 Å². The minimum absolute atomic E-state index is 0.850. The molecule has 1 N–H and O–H groups in total. The smallest absolute Gasteiger partial charge is 0.0447 e. The van der Waals surface area contributed by atoms with E-state index in [1.807, 2.05) is 0 Å². The number of para-hydroxylation sites is 1. The maximum absolute atomic E-state index is 3.55. The maximum atomic E-state index is 3.55. The van der Waals surface area contributed by atoms with E-state index >= 15 is 0 Å². The van der Waals surface area contributed by atoms with Gasteiger partial charge < -0.3 is 10.2 Å². The second-order valence-corrected chi connectivity index (χ2v) is 6.10. The molecule has 2 heterocycles. The molecule has 3 aliphatic rings. The second-order valence-electron chi connectivity index (χ2n) is 6.10. The molecular formula is C16H22N2. The molecule has 0 saturated heterocycles. The highest BCUT2D eigenvalue weighted by molar-refractivity contribution is 5.63. The standard InChI is InChI=1S/C16H22N2/c1-3-12(4-1)14-7-9-18-10-8-17-11-13-5-2-6-15(14)16(13)18/h2,5-6,12,14,17H,1,3-4,7-11H2. The van der Waals surface area contributed by atoms with E-state index in [0.717, 1.165) is 24.9 Å². The summed E-state index contributed by atoms with van der Waals surface area (Å²) in [5, 5.41) is 3.55. The zero-order valence-electron chi connectivity index (χ0n) is 11.0. The van der Waals surface area contributed by atoms with Gasteiger partial charge in [0.1, 0.15) is 0 Å². The molecule has 1 unspecified atom stereocenters. The van der Waals surface area contributed by atoms with E-state index in [1.165, 1.54) is 44.3 Å². The summed E-state index contributed by atoms with van der Waals surface area (Å²) < 4.78 is 0. The van der Waals surface area contributed by atoms with Gasteiger partial charge in [0.15, 0.2) is 0 Å². The van der Waals surface area contributed by atoms with Crippen LogP contribution in [0.25, 0.3) is 0 Å². The Bertz CT molecular complexity index is 450. The van der Waals surface area contributed by atoms with Crippen molar-refractivity contribution in [3.05, 3.63) is 29.3 Å². The molecule has 0 bridgehead atoms. The largest absolute Gasteiger partial charge is 0.370 e. The highest BCUT2D eigenvalue weighted by Crippen LogP contribution is 2.47. The number of hydrogen-bond donors (Lipinski definition) is 1. The van der Waals surface area contributed by atoms with Gasteiger partial charge in [-0.2, -0.15) is 0 Å². The van der Waals surface area contributed by atoms with E-state index in [-0.39, 0.29) is 0 Å². The Hall–Kier alpha value is -1.02. The van der Waals surface area contributed by atoms with Crippen molar-refractivity contribution < 1.29 is 0 Å². The molecule has 1 aromatic rings. The molecule has 2 nitrogen and oxygen atoms in total. The molecule has 1 aliphatic carbocycles. The first-order chi connectivity index (χ1) is 8.93. The molecule has 0 aromatic heterocycles. The summed E-state index contributed by atoms with van der Waals surface area (Å²) in [7, 11) is 0. The number of nitrogens with one attached hydrogen (secondary N) is 1. The molecule has 2 heteroatoms. The molecule has 0 amide bonds. The topological polar surface area (TPSA) is 15.3 Å². The molecule has 2 aliphatic heterocycles. The van der Waals surface area contributed by atoms with Crippen molar-refractivity contribution in [1.29, 1.82) is 0 Å². The van der Waals surface area contributed by atoms with Crippen LogP contribution < -0.4 is 10.2 Å². The van der Waals surface area contributed by atoms with Crippen molar-refractivity contribution in [2.75, 3.05) is 24.5 Å². The third kappa shape index (κ3) is 1.58. The van der Waals surface area contributed by atoms with Gasteiger partial charge in [0.25, 0.3) is 0 Å². The lowest BCUT2D eigenvalue weighted by molar-refractivity contribution is 0.248. The third-order valence-corrected chi connectivity index (χ3v) is 5.17. The van der Waals surface area contributed by atoms with Crippen molar-refractivity contribution in [1.82, 2.24) is 5.32 Å². The average Bonchev–Trinajstić information content (AvgIpc) is 2.54. The highest BCUT2D eigenvalue weighted by Gasteiger charge is 2.35. The lowest BCUT2D eigenvalue weighted by atomic mass is 9.70. The van der Waals surface area contributed by atoms with Crippen molar-refractivity contribution in [2.24, 2.45) is 5.92 Å². The minimum Gasteiger partial charge on any atom is -0.370 e. The first kappa shape index (κ1) is 10.9. The first-order valence-corrected chi connectivity index (χ1v) is 7.51. The van der Waals surface area contributed by atoms with E-state index in [1.54, 1.807) is 11.3 Å². The molecule has 0 radical (unpaired) electrons. The summed E-state index contributed by atoms with van der Waals surface area (Å²) in [6.45, 7) is 4.63. The zero-order chi connectivity index (χ0) is 11.9. The van der Waals surface area contributed by atoms with Crippen LogP contribution >= 0.6 is 0 Å². The first-order valence-electron chi connectivity index (χ1n) is 7.51. The van der Waals surface area contributed by atoms with Gasteiger partial charge in [-0.15, -0.1) is 0 Å². The summed E-state index contributed by atoms with van der Waals surface area (Å²) in [4.78, 5) is 2.62. The van der Waals surface area contributed by atoms with E-state index in [4.69, 9.17) is 0 Å². The lowest BCUT2D eigenvalue weighted by Crippen LogP contribution is -2.37. The van der Waals surface area contributed by atoms with Gasteiger partial charge in [0.2, 0.25) is 0 Å². The van der Waals surface area contributed by atoms with Gasteiger partial charge in [0, 0.05) is 31.9 Å². The van der Waals surface area contributed by atoms with Gasteiger partial charge in [0.05, 0.1) is 0 Å². The van der Waals surface area contributed by atoms with Crippen LogP contribution in [0.1, 0.15) is 42.7 Å². The van der Waals surface area contributed by atoms with Crippen LogP contribution in [-0.4, -0.2) is 19.6 Å². The molecule has 1 atom stereocenters. The summed E-state index contributed by atoms with van der Waals surface area (Å²) in [5.41, 5.74) is 4.77. The number of anilines is 1. The van der Waals surface area contributed by atoms with Gasteiger partial charge in [-0.3, -0.25) is 0 Å². The Morgan fingerprint density at radius 3 is 2.89 bits per heavy atom. The van der Waals surface area contributed by atoms with E-state index < -0.39 is 0 Å². The van der Waals surface area contributed by atoms with Crippen LogP contribution in [0.15, 0.2) is 18.2 Å². The van der Waals surface area contributed by atoms with Gasteiger partial charge >= 0.3 is 0 Å². The van der Waals surface area contributed by atoms with Crippen LogP contribution in [0.3, 0.4) is 0 Å². The third-order valence-electron chi connectivity index (χ3n) is 5.17.